The number of aliphatic hydroxyl groups is 1. The molecule has 1 atom stereocenters. The topological polar surface area (TPSA) is 49.8 Å². The number of carbonyl (C=O) groups is 1. The first-order valence-corrected chi connectivity index (χ1v) is 6.44. The van der Waals surface area contributed by atoms with Gasteiger partial charge in [-0.05, 0) is 25.5 Å². The number of likely N-dealkylation sites (N-methyl/N-ethyl adjacent to an activating group) is 1. The molecule has 0 saturated heterocycles. The first kappa shape index (κ1) is 13.6. The Bertz CT molecular complexity index is 494. The van der Waals surface area contributed by atoms with Gasteiger partial charge in [0.2, 0.25) is 0 Å². The molecule has 4 nitrogen and oxygen atoms in total. The number of ether oxygens (including phenoxy) is 1. The van der Waals surface area contributed by atoms with Crippen molar-refractivity contribution in [1.82, 2.24) is 4.90 Å². The molecule has 102 valence electrons. The molecule has 0 radical (unpaired) electrons. The van der Waals surface area contributed by atoms with Gasteiger partial charge < -0.3 is 14.7 Å². The van der Waals surface area contributed by atoms with E-state index in [1.807, 2.05) is 30.3 Å². The zero-order valence-corrected chi connectivity index (χ0v) is 11.3. The second kappa shape index (κ2) is 5.89. The van der Waals surface area contributed by atoms with Crippen LogP contribution in [0.3, 0.4) is 0 Å². The minimum Gasteiger partial charge on any atom is -0.488 e. The number of nitrogens with zero attached hydrogens (tertiary/aromatic N) is 1. The highest BCUT2D eigenvalue weighted by molar-refractivity contribution is 5.99. The summed E-state index contributed by atoms with van der Waals surface area (Å²) in [5, 5.41) is 9.25. The lowest BCUT2D eigenvalue weighted by Crippen LogP contribution is -2.32. The lowest BCUT2D eigenvalue weighted by atomic mass is 10.1. The second-order valence-corrected chi connectivity index (χ2v) is 4.86. The summed E-state index contributed by atoms with van der Waals surface area (Å²) in [5.74, 6) is 0.765. The Morgan fingerprint density at radius 3 is 2.95 bits per heavy atom. The van der Waals surface area contributed by atoms with Gasteiger partial charge in [-0.15, -0.1) is 0 Å². The molecule has 1 aliphatic rings. The fourth-order valence-electron chi connectivity index (χ4n) is 1.97. The lowest BCUT2D eigenvalue weighted by molar-refractivity contribution is -0.126. The van der Waals surface area contributed by atoms with E-state index in [0.29, 0.717) is 25.1 Å². The molecule has 1 amide bonds. The van der Waals surface area contributed by atoms with Gasteiger partial charge in [0, 0.05) is 19.2 Å². The maximum atomic E-state index is 12.2. The molecule has 1 aliphatic heterocycles. The molecule has 1 N–H and O–H groups in total. The highest BCUT2D eigenvalue weighted by atomic mass is 16.5. The molecular formula is C15H19NO3. The van der Waals surface area contributed by atoms with Gasteiger partial charge in [-0.3, -0.25) is 4.79 Å². The first-order valence-electron chi connectivity index (χ1n) is 6.44. The summed E-state index contributed by atoms with van der Waals surface area (Å²) in [4.78, 5) is 13.8. The first-order chi connectivity index (χ1) is 9.08. The zero-order valence-electron chi connectivity index (χ0n) is 11.3. The molecule has 4 heteroatoms. The van der Waals surface area contributed by atoms with E-state index in [1.165, 1.54) is 0 Å². The third-order valence-corrected chi connectivity index (χ3v) is 3.14. The minimum atomic E-state index is -0.396. The van der Waals surface area contributed by atoms with E-state index in [9.17, 15) is 9.90 Å². The Morgan fingerprint density at radius 1 is 1.47 bits per heavy atom. The van der Waals surface area contributed by atoms with Crippen LogP contribution >= 0.6 is 0 Å². The lowest BCUT2D eigenvalue weighted by Gasteiger charge is -2.22. The van der Waals surface area contributed by atoms with Gasteiger partial charge in [0.1, 0.15) is 12.4 Å². The normalized spacial score (nSPS) is 15.0. The van der Waals surface area contributed by atoms with Crippen molar-refractivity contribution < 1.29 is 14.6 Å². The molecule has 1 aromatic carbocycles. The molecule has 1 unspecified atom stereocenters. The van der Waals surface area contributed by atoms with Crippen LogP contribution in [0.1, 0.15) is 18.9 Å². The van der Waals surface area contributed by atoms with Crippen molar-refractivity contribution in [3.05, 3.63) is 35.4 Å². The molecule has 0 aromatic heterocycles. The Kier molecular flexibility index (Phi) is 4.22. The molecule has 1 aromatic rings. The van der Waals surface area contributed by atoms with Crippen molar-refractivity contribution in [1.29, 1.82) is 0 Å². The maximum Gasteiger partial charge on any atom is 0.252 e. The molecule has 1 heterocycles. The number of hydrogen-bond acceptors (Lipinski definition) is 3. The van der Waals surface area contributed by atoms with Gasteiger partial charge in [0.25, 0.3) is 5.91 Å². The molecule has 0 saturated carbocycles. The average molecular weight is 261 g/mol. The smallest absolute Gasteiger partial charge is 0.252 e. The van der Waals surface area contributed by atoms with Gasteiger partial charge in [0.15, 0.2) is 0 Å². The molecule has 0 spiro atoms. The Hall–Kier alpha value is -1.81. The average Bonchev–Trinajstić information content (AvgIpc) is 2.43. The van der Waals surface area contributed by atoms with Gasteiger partial charge in [-0.2, -0.15) is 0 Å². The third-order valence-electron chi connectivity index (χ3n) is 3.14. The number of amides is 1. The highest BCUT2D eigenvalue weighted by Crippen LogP contribution is 2.26. The number of para-hydroxylation sites is 1. The van der Waals surface area contributed by atoms with E-state index in [2.05, 4.69) is 0 Å². The minimum absolute atomic E-state index is 0.0462. The number of hydrogen-bond donors (Lipinski definition) is 1. The molecule has 0 bridgehead atoms. The predicted octanol–water partition coefficient (Wildman–Crippen LogP) is 1.69. The van der Waals surface area contributed by atoms with Crippen LogP contribution < -0.4 is 4.74 Å². The van der Waals surface area contributed by atoms with Crippen LogP contribution in [0.4, 0.5) is 0 Å². The Morgan fingerprint density at radius 2 is 2.21 bits per heavy atom. The van der Waals surface area contributed by atoms with Gasteiger partial charge in [-0.1, -0.05) is 18.2 Å². The number of benzene rings is 1. The van der Waals surface area contributed by atoms with Crippen molar-refractivity contribution in [2.45, 2.75) is 19.4 Å². The predicted molar refractivity (Wildman–Crippen MR) is 73.8 cm³/mol. The molecule has 19 heavy (non-hydrogen) atoms. The van der Waals surface area contributed by atoms with Crippen molar-refractivity contribution in [2.24, 2.45) is 0 Å². The largest absolute Gasteiger partial charge is 0.488 e. The summed E-state index contributed by atoms with van der Waals surface area (Å²) in [6.45, 7) is 2.56. The van der Waals surface area contributed by atoms with Gasteiger partial charge >= 0.3 is 0 Å². The van der Waals surface area contributed by atoms with Crippen LogP contribution in [-0.4, -0.2) is 42.2 Å². The Balaban J connectivity index is 2.07. The Labute approximate surface area is 113 Å². The van der Waals surface area contributed by atoms with E-state index in [-0.39, 0.29) is 5.91 Å². The molecular weight excluding hydrogens is 242 g/mol. The number of fused-ring (bicyclic) bond motifs is 1. The fraction of sp³-hybridized carbons (Fsp3) is 0.400. The molecule has 0 fully saturated rings. The quantitative estimate of drug-likeness (QED) is 0.897. The van der Waals surface area contributed by atoms with Crippen molar-refractivity contribution in [3.8, 4) is 5.75 Å². The fourth-order valence-corrected chi connectivity index (χ4v) is 1.97. The summed E-state index contributed by atoms with van der Waals surface area (Å²) >= 11 is 0. The standard InChI is InChI=1S/C15H19NO3/c1-11(17)7-8-16(2)15(18)13-9-12-5-3-4-6-14(12)19-10-13/h3-6,9,11,17H,7-8,10H2,1-2H3. The van der Waals surface area contributed by atoms with Crippen LogP contribution in [0, 0.1) is 0 Å². The SMILES string of the molecule is CC(O)CCN(C)C(=O)C1=Cc2ccccc2OC1. The number of carbonyl (C=O) groups excluding carboxylic acids is 1. The monoisotopic (exact) mass is 261 g/mol. The van der Waals surface area contributed by atoms with E-state index in [1.54, 1.807) is 18.9 Å². The van der Waals surface area contributed by atoms with E-state index in [4.69, 9.17) is 4.74 Å². The van der Waals surface area contributed by atoms with E-state index in [0.717, 1.165) is 11.3 Å². The molecule has 2 rings (SSSR count). The van der Waals surface area contributed by atoms with Crippen LogP contribution in [0.5, 0.6) is 5.75 Å². The summed E-state index contributed by atoms with van der Waals surface area (Å²) in [5.41, 5.74) is 1.58. The summed E-state index contributed by atoms with van der Waals surface area (Å²) in [6, 6.07) is 7.65. The van der Waals surface area contributed by atoms with Gasteiger partial charge in [-0.25, -0.2) is 0 Å². The molecule has 0 aliphatic carbocycles. The number of rotatable bonds is 4. The highest BCUT2D eigenvalue weighted by Gasteiger charge is 2.19. The summed E-state index contributed by atoms with van der Waals surface area (Å²) in [6.07, 6.45) is 2.06. The maximum absolute atomic E-state index is 12.2. The van der Waals surface area contributed by atoms with Crippen LogP contribution in [0.2, 0.25) is 0 Å². The summed E-state index contributed by atoms with van der Waals surface area (Å²) < 4.78 is 5.57. The van der Waals surface area contributed by atoms with Gasteiger partial charge in [0.05, 0.1) is 11.7 Å². The number of aliphatic hydroxyl groups excluding tert-OH is 1. The van der Waals surface area contributed by atoms with Crippen LogP contribution in [0.25, 0.3) is 6.08 Å². The second-order valence-electron chi connectivity index (χ2n) is 4.86. The van der Waals surface area contributed by atoms with Crippen molar-refractivity contribution in [2.75, 3.05) is 20.2 Å². The van der Waals surface area contributed by atoms with E-state index >= 15 is 0 Å². The van der Waals surface area contributed by atoms with Crippen LogP contribution in [-0.2, 0) is 4.79 Å². The van der Waals surface area contributed by atoms with Crippen molar-refractivity contribution in [3.63, 3.8) is 0 Å². The van der Waals surface area contributed by atoms with Crippen molar-refractivity contribution >= 4 is 12.0 Å². The third kappa shape index (κ3) is 3.35. The zero-order chi connectivity index (χ0) is 13.8. The summed E-state index contributed by atoms with van der Waals surface area (Å²) in [7, 11) is 1.74. The van der Waals surface area contributed by atoms with Crippen LogP contribution in [0.15, 0.2) is 29.8 Å². The van der Waals surface area contributed by atoms with E-state index < -0.39 is 6.10 Å².